The quantitative estimate of drug-likeness (QED) is 0.534. The highest BCUT2D eigenvalue weighted by Gasteiger charge is 2.14. The number of benzene rings is 3. The van der Waals surface area contributed by atoms with E-state index in [1.807, 2.05) is 24.3 Å². The second kappa shape index (κ2) is 3.85. The number of rotatable bonds is 0. The third-order valence-electron chi connectivity index (χ3n) is 4.12. The van der Waals surface area contributed by atoms with Gasteiger partial charge >= 0.3 is 0 Å². The lowest BCUT2D eigenvalue weighted by Gasteiger charge is -2.16. The topological polar surface area (TPSA) is 33.6 Å². The van der Waals surface area contributed by atoms with Crippen LogP contribution in [-0.2, 0) is 0 Å². The van der Waals surface area contributed by atoms with Crippen LogP contribution in [0.25, 0.3) is 16.8 Å². The molecule has 2 heterocycles. The van der Waals surface area contributed by atoms with Gasteiger partial charge in [-0.1, -0.05) is 24.3 Å². The van der Waals surface area contributed by atoms with E-state index in [0.29, 0.717) is 6.67 Å². The van der Waals surface area contributed by atoms with Gasteiger partial charge < -0.3 is 10.1 Å². The summed E-state index contributed by atoms with van der Waals surface area (Å²) in [5.41, 5.74) is 2.23. The molecule has 100 valence electrons. The van der Waals surface area contributed by atoms with Crippen LogP contribution in [0.1, 0.15) is 5.56 Å². The fourth-order valence-electron chi connectivity index (χ4n) is 3.11. The Morgan fingerprint density at radius 1 is 0.905 bits per heavy atom. The van der Waals surface area contributed by atoms with Crippen LogP contribution in [0.3, 0.4) is 0 Å². The first-order valence-electron chi connectivity index (χ1n) is 7.03. The summed E-state index contributed by atoms with van der Waals surface area (Å²) in [4.78, 5) is 4.55. The molecule has 0 unspecified atom stereocenters. The Labute approximate surface area is 121 Å². The van der Waals surface area contributed by atoms with Crippen molar-refractivity contribution in [3.63, 3.8) is 0 Å². The van der Waals surface area contributed by atoms with Gasteiger partial charge in [0.15, 0.2) is 0 Å². The molecule has 0 aromatic heterocycles. The van der Waals surface area contributed by atoms with Crippen LogP contribution in [0.5, 0.6) is 11.5 Å². The lowest BCUT2D eigenvalue weighted by atomic mass is 10.0. The van der Waals surface area contributed by atoms with E-state index in [1.54, 1.807) is 0 Å². The van der Waals surface area contributed by atoms with E-state index in [2.05, 4.69) is 40.7 Å². The lowest BCUT2D eigenvalue weighted by Crippen LogP contribution is -2.15. The fraction of sp³-hybridized carbons (Fsp3) is 0.0556. The molecule has 3 aromatic carbocycles. The molecule has 0 saturated heterocycles. The fourth-order valence-corrected chi connectivity index (χ4v) is 3.11. The van der Waals surface area contributed by atoms with Crippen LogP contribution < -0.4 is 20.6 Å². The number of anilines is 1. The number of nitrogens with one attached hydrogen (secondary N) is 1. The predicted molar refractivity (Wildman–Crippen MR) is 83.3 cm³/mol. The van der Waals surface area contributed by atoms with Crippen molar-refractivity contribution in [2.24, 2.45) is 4.99 Å². The maximum atomic E-state index is 6.03. The smallest absolute Gasteiger partial charge is 0.135 e. The van der Waals surface area contributed by atoms with Crippen LogP contribution in [-0.4, -0.2) is 6.67 Å². The molecule has 0 fully saturated rings. The minimum Gasteiger partial charge on any atom is -0.456 e. The minimum atomic E-state index is 0.661. The molecule has 3 aromatic rings. The molecule has 3 nitrogen and oxygen atoms in total. The Kier molecular flexibility index (Phi) is 2.00. The molecule has 2 aliphatic rings. The Morgan fingerprint density at radius 2 is 1.81 bits per heavy atom. The average Bonchev–Trinajstić information content (AvgIpc) is 3.01. The summed E-state index contributed by atoms with van der Waals surface area (Å²) in [5.74, 6) is 1.82. The second-order valence-corrected chi connectivity index (χ2v) is 5.31. The summed E-state index contributed by atoms with van der Waals surface area (Å²) >= 11 is 0. The first-order valence-corrected chi connectivity index (χ1v) is 7.03. The number of para-hydroxylation sites is 1. The van der Waals surface area contributed by atoms with Crippen molar-refractivity contribution in [1.29, 1.82) is 0 Å². The van der Waals surface area contributed by atoms with Crippen molar-refractivity contribution < 1.29 is 4.74 Å². The zero-order chi connectivity index (χ0) is 13.8. The molecule has 0 atom stereocenters. The summed E-state index contributed by atoms with van der Waals surface area (Å²) in [7, 11) is 0. The molecule has 0 bridgehead atoms. The van der Waals surface area contributed by atoms with E-state index >= 15 is 0 Å². The van der Waals surface area contributed by atoms with Gasteiger partial charge in [0.2, 0.25) is 0 Å². The van der Waals surface area contributed by atoms with Crippen molar-refractivity contribution in [3.05, 3.63) is 64.7 Å². The van der Waals surface area contributed by atoms with Gasteiger partial charge in [-0.05, 0) is 35.7 Å². The van der Waals surface area contributed by atoms with Crippen molar-refractivity contribution in [1.82, 2.24) is 0 Å². The molecule has 3 heteroatoms. The number of hydrogen-bond acceptors (Lipinski definition) is 3. The maximum absolute atomic E-state index is 6.03. The van der Waals surface area contributed by atoms with Crippen molar-refractivity contribution in [2.75, 3.05) is 12.0 Å². The number of ether oxygens (including phenoxy) is 1. The van der Waals surface area contributed by atoms with Gasteiger partial charge in [0.25, 0.3) is 0 Å². The second-order valence-electron chi connectivity index (χ2n) is 5.31. The van der Waals surface area contributed by atoms with Gasteiger partial charge in [-0.3, -0.25) is 4.99 Å². The van der Waals surface area contributed by atoms with Gasteiger partial charge in [-0.25, -0.2) is 0 Å². The van der Waals surface area contributed by atoms with E-state index < -0.39 is 0 Å². The summed E-state index contributed by atoms with van der Waals surface area (Å²) < 4.78 is 6.03. The molecule has 0 radical (unpaired) electrons. The predicted octanol–water partition coefficient (Wildman–Crippen LogP) is 2.78. The zero-order valence-corrected chi connectivity index (χ0v) is 11.3. The summed E-state index contributed by atoms with van der Waals surface area (Å²) in [5, 5.41) is 7.84. The molecule has 0 spiro atoms. The Balaban J connectivity index is 1.94. The summed E-state index contributed by atoms with van der Waals surface area (Å²) in [6.45, 7) is 0.661. The normalized spacial score (nSPS) is 14.1. The standard InChI is InChI=1S/C18H12N2O/c1-2-4-16-11(3-1)9-14-12-5-7-15-18(20-10-19-15)13(12)6-8-17(14)21-16/h1-9,19H,10H2. The van der Waals surface area contributed by atoms with E-state index in [4.69, 9.17) is 4.74 Å². The molecule has 0 aliphatic carbocycles. The Bertz CT molecular complexity index is 1020. The van der Waals surface area contributed by atoms with E-state index in [-0.39, 0.29) is 0 Å². The monoisotopic (exact) mass is 272 g/mol. The molecular formula is C18H12N2O. The zero-order valence-electron chi connectivity index (χ0n) is 11.3. The van der Waals surface area contributed by atoms with Crippen LogP contribution in [0, 0.1) is 0 Å². The van der Waals surface area contributed by atoms with Crippen molar-refractivity contribution >= 4 is 22.5 Å². The lowest BCUT2D eigenvalue weighted by molar-refractivity contribution is 0.474. The average molecular weight is 272 g/mol. The molecule has 2 aliphatic heterocycles. The molecule has 1 N–H and O–H groups in total. The van der Waals surface area contributed by atoms with E-state index in [1.165, 1.54) is 10.8 Å². The summed E-state index contributed by atoms with van der Waals surface area (Å²) in [6, 6.07) is 16.5. The van der Waals surface area contributed by atoms with Gasteiger partial charge in [-0.2, -0.15) is 0 Å². The van der Waals surface area contributed by atoms with Crippen LogP contribution in [0.15, 0.2) is 53.5 Å². The molecule has 0 saturated carbocycles. The highest BCUT2D eigenvalue weighted by Crippen LogP contribution is 2.29. The SMILES string of the molecule is C1=c2c(ccc3c4c(ccc23)NCN=4)Oc2ccccc21. The summed E-state index contributed by atoms with van der Waals surface area (Å²) in [6.07, 6.45) is 2.20. The molecule has 0 amide bonds. The third-order valence-corrected chi connectivity index (χ3v) is 4.12. The Hall–Kier alpha value is -2.81. The molecule has 21 heavy (non-hydrogen) atoms. The van der Waals surface area contributed by atoms with E-state index in [9.17, 15) is 0 Å². The number of nitrogens with zero attached hydrogens (tertiary/aromatic N) is 1. The maximum Gasteiger partial charge on any atom is 0.135 e. The Morgan fingerprint density at radius 3 is 2.81 bits per heavy atom. The highest BCUT2D eigenvalue weighted by molar-refractivity contribution is 5.89. The van der Waals surface area contributed by atoms with Crippen molar-refractivity contribution in [2.45, 2.75) is 0 Å². The van der Waals surface area contributed by atoms with Crippen LogP contribution >= 0.6 is 0 Å². The van der Waals surface area contributed by atoms with Crippen molar-refractivity contribution in [3.8, 4) is 11.5 Å². The number of hydrogen-bond donors (Lipinski definition) is 1. The van der Waals surface area contributed by atoms with Gasteiger partial charge in [0, 0.05) is 16.2 Å². The minimum absolute atomic E-state index is 0.661. The van der Waals surface area contributed by atoms with Gasteiger partial charge in [0.1, 0.15) is 18.2 Å². The largest absolute Gasteiger partial charge is 0.456 e. The molecule has 5 rings (SSSR count). The molecular weight excluding hydrogens is 260 g/mol. The highest BCUT2D eigenvalue weighted by atomic mass is 16.5. The first kappa shape index (κ1) is 10.9. The van der Waals surface area contributed by atoms with Crippen LogP contribution in [0.4, 0.5) is 5.69 Å². The number of fused-ring (bicyclic) bond motifs is 6. The van der Waals surface area contributed by atoms with Gasteiger partial charge in [0.05, 0.1) is 11.0 Å². The third kappa shape index (κ3) is 1.46. The first-order chi connectivity index (χ1) is 10.4. The van der Waals surface area contributed by atoms with Gasteiger partial charge in [-0.15, -0.1) is 0 Å². The van der Waals surface area contributed by atoms with E-state index in [0.717, 1.165) is 33.3 Å². The van der Waals surface area contributed by atoms with Crippen LogP contribution in [0.2, 0.25) is 0 Å².